The van der Waals surface area contributed by atoms with Crippen LogP contribution in [0.25, 0.3) is 11.3 Å². The van der Waals surface area contributed by atoms with Crippen molar-refractivity contribution in [3.05, 3.63) is 35.5 Å². The highest BCUT2D eigenvalue weighted by Gasteiger charge is 2.29. The molecule has 0 radical (unpaired) electrons. The molecule has 2 heterocycles. The van der Waals surface area contributed by atoms with Crippen molar-refractivity contribution in [2.24, 2.45) is 0 Å². The van der Waals surface area contributed by atoms with Crippen LogP contribution < -0.4 is 4.74 Å². The predicted octanol–water partition coefficient (Wildman–Crippen LogP) is 3.04. The second-order valence-corrected chi connectivity index (χ2v) is 6.23. The Morgan fingerprint density at radius 1 is 1.20 bits per heavy atom. The maximum absolute atomic E-state index is 12.7. The smallest absolute Gasteiger partial charge is 0.276 e. The molecule has 1 aliphatic rings. The van der Waals surface area contributed by atoms with Gasteiger partial charge in [0, 0.05) is 13.6 Å². The van der Waals surface area contributed by atoms with Crippen LogP contribution in [-0.2, 0) is 6.61 Å². The lowest BCUT2D eigenvalue weighted by Crippen LogP contribution is -2.32. The molecular weight excluding hydrogens is 318 g/mol. The number of nitrogens with zero attached hydrogens (tertiary/aromatic N) is 3. The maximum atomic E-state index is 12.7. The molecule has 134 valence electrons. The molecule has 0 fully saturated rings. The molecule has 0 saturated heterocycles. The van der Waals surface area contributed by atoms with Crippen LogP contribution in [0.1, 0.15) is 36.3 Å². The van der Waals surface area contributed by atoms with E-state index < -0.39 is 0 Å². The van der Waals surface area contributed by atoms with Crippen molar-refractivity contribution in [3.8, 4) is 17.1 Å². The van der Waals surface area contributed by atoms with Gasteiger partial charge in [-0.05, 0) is 38.2 Å². The van der Waals surface area contributed by atoms with Gasteiger partial charge in [0.05, 0.1) is 11.1 Å². The van der Waals surface area contributed by atoms with E-state index in [-0.39, 0.29) is 5.91 Å². The number of rotatable bonds is 7. The van der Waals surface area contributed by atoms with Crippen LogP contribution in [0.5, 0.6) is 5.75 Å². The number of carbonyl (C=O) groups excluding carboxylic acids is 1. The molecule has 0 bridgehead atoms. The van der Waals surface area contributed by atoms with E-state index in [9.17, 15) is 4.79 Å². The van der Waals surface area contributed by atoms with Gasteiger partial charge in [-0.2, -0.15) is 0 Å². The zero-order valence-corrected chi connectivity index (χ0v) is 15.1. The van der Waals surface area contributed by atoms with Crippen LogP contribution in [-0.4, -0.2) is 54.1 Å². The predicted molar refractivity (Wildman–Crippen MR) is 95.6 cm³/mol. The van der Waals surface area contributed by atoms with E-state index in [2.05, 4.69) is 23.9 Å². The third-order valence-electron chi connectivity index (χ3n) is 4.70. The molecule has 1 aromatic heterocycles. The monoisotopic (exact) mass is 343 g/mol. The molecule has 0 atom stereocenters. The summed E-state index contributed by atoms with van der Waals surface area (Å²) in [4.78, 5) is 16.8. The summed E-state index contributed by atoms with van der Waals surface area (Å²) in [6, 6.07) is 7.64. The molecule has 3 rings (SSSR count). The summed E-state index contributed by atoms with van der Waals surface area (Å²) in [6.45, 7) is 8.34. The number of aromatic nitrogens is 1. The lowest BCUT2D eigenvalue weighted by molar-refractivity contribution is 0.0776. The van der Waals surface area contributed by atoms with Crippen molar-refractivity contribution in [2.45, 2.75) is 26.9 Å². The van der Waals surface area contributed by atoms with Gasteiger partial charge in [0.1, 0.15) is 12.4 Å². The number of para-hydroxylation sites is 1. The lowest BCUT2D eigenvalue weighted by Gasteiger charge is -2.21. The average Bonchev–Trinajstić information content (AvgIpc) is 3.09. The van der Waals surface area contributed by atoms with E-state index >= 15 is 0 Å². The molecule has 1 aliphatic heterocycles. The van der Waals surface area contributed by atoms with Gasteiger partial charge in [-0.25, -0.2) is 0 Å². The Morgan fingerprint density at radius 2 is 1.96 bits per heavy atom. The van der Waals surface area contributed by atoms with Gasteiger partial charge in [0.25, 0.3) is 5.91 Å². The first-order valence-electron chi connectivity index (χ1n) is 8.84. The van der Waals surface area contributed by atoms with Crippen LogP contribution in [0.15, 0.2) is 28.8 Å². The molecule has 0 saturated carbocycles. The molecular formula is C19H25N3O3. The average molecular weight is 343 g/mol. The van der Waals surface area contributed by atoms with Gasteiger partial charge in [0.2, 0.25) is 0 Å². The second kappa shape index (κ2) is 7.70. The Hall–Kier alpha value is -2.34. The molecule has 1 amide bonds. The minimum absolute atomic E-state index is 0.118. The topological polar surface area (TPSA) is 58.8 Å². The minimum Gasteiger partial charge on any atom is -0.488 e. The van der Waals surface area contributed by atoms with Gasteiger partial charge in [-0.3, -0.25) is 4.79 Å². The van der Waals surface area contributed by atoms with E-state index in [0.29, 0.717) is 24.6 Å². The van der Waals surface area contributed by atoms with Crippen molar-refractivity contribution < 1.29 is 14.1 Å². The summed E-state index contributed by atoms with van der Waals surface area (Å²) in [5, 5.41) is 4.04. The number of ether oxygens (including phenoxy) is 1. The van der Waals surface area contributed by atoms with Crippen molar-refractivity contribution in [3.63, 3.8) is 0 Å². The standard InChI is InChI=1S/C19H25N3O3/c1-4-22(5-2)12-8-11-21(3)19(23)17-15-13-24-16-10-7-6-9-14(16)18(15)25-20-17/h6-7,9-10H,4-5,8,11-13H2,1-3H3. The molecule has 25 heavy (non-hydrogen) atoms. The van der Waals surface area contributed by atoms with Crippen molar-refractivity contribution in [1.29, 1.82) is 0 Å². The number of hydrogen-bond donors (Lipinski definition) is 0. The van der Waals surface area contributed by atoms with Gasteiger partial charge in [0.15, 0.2) is 11.5 Å². The Kier molecular flexibility index (Phi) is 5.38. The molecule has 6 nitrogen and oxygen atoms in total. The van der Waals surface area contributed by atoms with Crippen molar-refractivity contribution in [1.82, 2.24) is 15.0 Å². The number of benzene rings is 1. The SMILES string of the molecule is CCN(CC)CCCN(C)C(=O)c1noc2c1COc1ccccc1-2. The lowest BCUT2D eigenvalue weighted by atomic mass is 10.0. The largest absolute Gasteiger partial charge is 0.488 e. The zero-order valence-electron chi connectivity index (χ0n) is 15.1. The molecule has 0 spiro atoms. The highest BCUT2D eigenvalue weighted by atomic mass is 16.5. The number of carbonyl (C=O) groups is 1. The normalized spacial score (nSPS) is 12.5. The van der Waals surface area contributed by atoms with E-state index in [1.807, 2.05) is 31.3 Å². The Morgan fingerprint density at radius 3 is 2.72 bits per heavy atom. The van der Waals surface area contributed by atoms with Gasteiger partial charge in [-0.1, -0.05) is 31.1 Å². The fraction of sp³-hybridized carbons (Fsp3) is 0.474. The summed E-state index contributed by atoms with van der Waals surface area (Å²) in [5.41, 5.74) is 1.94. The summed E-state index contributed by atoms with van der Waals surface area (Å²) >= 11 is 0. The van der Waals surface area contributed by atoms with Crippen molar-refractivity contribution in [2.75, 3.05) is 33.2 Å². The second-order valence-electron chi connectivity index (χ2n) is 6.23. The summed E-state index contributed by atoms with van der Waals surface area (Å²) in [7, 11) is 1.81. The third kappa shape index (κ3) is 3.54. The maximum Gasteiger partial charge on any atom is 0.276 e. The summed E-state index contributed by atoms with van der Waals surface area (Å²) < 4.78 is 11.2. The first-order valence-corrected chi connectivity index (χ1v) is 8.84. The van der Waals surface area contributed by atoms with Crippen LogP contribution in [0.4, 0.5) is 0 Å². The van der Waals surface area contributed by atoms with Gasteiger partial charge >= 0.3 is 0 Å². The molecule has 0 N–H and O–H groups in total. The van der Waals surface area contributed by atoms with Crippen LogP contribution in [0, 0.1) is 0 Å². The number of fused-ring (bicyclic) bond motifs is 3. The minimum atomic E-state index is -0.118. The fourth-order valence-electron chi connectivity index (χ4n) is 3.11. The van der Waals surface area contributed by atoms with Crippen molar-refractivity contribution >= 4 is 5.91 Å². The third-order valence-corrected chi connectivity index (χ3v) is 4.70. The zero-order chi connectivity index (χ0) is 17.8. The molecule has 6 heteroatoms. The van der Waals surface area contributed by atoms with Gasteiger partial charge in [-0.15, -0.1) is 0 Å². The van der Waals surface area contributed by atoms with Crippen LogP contribution >= 0.6 is 0 Å². The Bertz CT molecular complexity index is 737. The van der Waals surface area contributed by atoms with Crippen LogP contribution in [0.2, 0.25) is 0 Å². The molecule has 0 unspecified atom stereocenters. The molecule has 0 aliphatic carbocycles. The number of hydrogen-bond acceptors (Lipinski definition) is 5. The quantitative estimate of drug-likeness (QED) is 0.773. The van der Waals surface area contributed by atoms with E-state index in [4.69, 9.17) is 9.26 Å². The Balaban J connectivity index is 1.69. The highest BCUT2D eigenvalue weighted by Crippen LogP contribution is 2.38. The number of amides is 1. The highest BCUT2D eigenvalue weighted by molar-refractivity contribution is 5.95. The van der Waals surface area contributed by atoms with Gasteiger partial charge < -0.3 is 19.1 Å². The first-order chi connectivity index (χ1) is 12.2. The summed E-state index contributed by atoms with van der Waals surface area (Å²) in [6.07, 6.45) is 0.934. The van der Waals surface area contributed by atoms with E-state index in [1.165, 1.54) is 0 Å². The fourth-order valence-corrected chi connectivity index (χ4v) is 3.11. The van der Waals surface area contributed by atoms with E-state index in [1.54, 1.807) is 4.90 Å². The molecule has 1 aromatic carbocycles. The molecule has 2 aromatic rings. The first kappa shape index (κ1) is 17.5. The van der Waals surface area contributed by atoms with E-state index in [0.717, 1.165) is 42.9 Å². The Labute approximate surface area is 148 Å². The summed E-state index contributed by atoms with van der Waals surface area (Å²) in [5.74, 6) is 1.28. The van der Waals surface area contributed by atoms with Crippen LogP contribution in [0.3, 0.4) is 0 Å².